The molecule has 0 aliphatic rings. The Morgan fingerprint density at radius 3 is 2.05 bits per heavy atom. The predicted octanol–water partition coefficient (Wildman–Crippen LogP) is 3.21. The Hall–Kier alpha value is -2.21. The number of hydrogen-bond acceptors (Lipinski definition) is 6. The molecule has 2 aromatic rings. The molecule has 7 heteroatoms. The zero-order valence-electron chi connectivity index (χ0n) is 12.2. The van der Waals surface area contributed by atoms with Crippen molar-refractivity contribution in [3.63, 3.8) is 0 Å². The molecule has 1 N–H and O–H groups in total. The van der Waals surface area contributed by atoms with Gasteiger partial charge in [-0.1, -0.05) is 11.6 Å². The molecule has 0 saturated carbocycles. The van der Waals surface area contributed by atoms with Crippen LogP contribution in [-0.2, 0) is 0 Å². The van der Waals surface area contributed by atoms with Crippen molar-refractivity contribution in [2.45, 2.75) is 6.92 Å². The number of ether oxygens (including phenoxy) is 3. The number of hydrogen-bond donors (Lipinski definition) is 1. The maximum atomic E-state index is 5.92. The van der Waals surface area contributed by atoms with E-state index in [0.717, 1.165) is 5.69 Å². The topological polar surface area (TPSA) is 65.5 Å². The first-order valence-corrected chi connectivity index (χ1v) is 6.53. The summed E-state index contributed by atoms with van der Waals surface area (Å²) in [6.45, 7) is 1.84. The SMILES string of the molecule is COc1cc(Nc2nc(C)cc(Cl)n2)cc(OC)c1OC. The summed E-state index contributed by atoms with van der Waals surface area (Å²) < 4.78 is 15.9. The van der Waals surface area contributed by atoms with Crippen molar-refractivity contribution in [1.29, 1.82) is 0 Å². The molecule has 0 unspecified atom stereocenters. The molecular weight excluding hydrogens is 294 g/mol. The standard InChI is InChI=1S/C14H16ClN3O3/c1-8-5-12(15)18-14(16-8)17-9-6-10(19-2)13(21-4)11(7-9)20-3/h5-7H,1-4H3,(H,16,17,18). The summed E-state index contributed by atoms with van der Waals surface area (Å²) >= 11 is 5.92. The monoisotopic (exact) mass is 309 g/mol. The third kappa shape index (κ3) is 3.46. The van der Waals surface area contributed by atoms with E-state index in [4.69, 9.17) is 25.8 Å². The second-order valence-corrected chi connectivity index (χ2v) is 4.58. The van der Waals surface area contributed by atoms with Gasteiger partial charge in [-0.25, -0.2) is 9.97 Å². The predicted molar refractivity (Wildman–Crippen MR) is 81.2 cm³/mol. The van der Waals surface area contributed by atoms with Crippen LogP contribution in [0.25, 0.3) is 0 Å². The number of nitrogens with zero attached hydrogens (tertiary/aromatic N) is 2. The minimum atomic E-state index is 0.373. The average Bonchev–Trinajstić information content (AvgIpc) is 2.45. The first-order chi connectivity index (χ1) is 10.1. The number of aromatic nitrogens is 2. The van der Waals surface area contributed by atoms with Gasteiger partial charge in [0.2, 0.25) is 11.7 Å². The average molecular weight is 310 g/mol. The summed E-state index contributed by atoms with van der Waals surface area (Å²) in [7, 11) is 4.67. The van der Waals surface area contributed by atoms with Gasteiger partial charge in [0.1, 0.15) is 5.15 Å². The van der Waals surface area contributed by atoms with Gasteiger partial charge in [-0.3, -0.25) is 0 Å². The summed E-state index contributed by atoms with van der Waals surface area (Å²) in [5, 5.41) is 3.44. The van der Waals surface area contributed by atoms with Gasteiger partial charge >= 0.3 is 0 Å². The fraction of sp³-hybridized carbons (Fsp3) is 0.286. The van der Waals surface area contributed by atoms with Crippen LogP contribution >= 0.6 is 11.6 Å². The number of aryl methyl sites for hydroxylation is 1. The van der Waals surface area contributed by atoms with E-state index in [1.165, 1.54) is 0 Å². The molecule has 6 nitrogen and oxygen atoms in total. The lowest BCUT2D eigenvalue weighted by atomic mass is 10.2. The molecule has 0 fully saturated rings. The van der Waals surface area contributed by atoms with Gasteiger partial charge in [0, 0.05) is 23.5 Å². The number of nitrogens with one attached hydrogen (secondary N) is 1. The molecule has 1 heterocycles. The summed E-state index contributed by atoms with van der Waals surface area (Å²) in [5.41, 5.74) is 1.47. The largest absolute Gasteiger partial charge is 0.493 e. The first kappa shape index (κ1) is 15.2. The van der Waals surface area contributed by atoms with Crippen molar-refractivity contribution in [3.8, 4) is 17.2 Å². The zero-order chi connectivity index (χ0) is 15.4. The number of anilines is 2. The van der Waals surface area contributed by atoms with Crippen LogP contribution in [-0.4, -0.2) is 31.3 Å². The van der Waals surface area contributed by atoms with Crippen LogP contribution in [0.4, 0.5) is 11.6 Å². The van der Waals surface area contributed by atoms with Crippen molar-refractivity contribution in [3.05, 3.63) is 29.0 Å². The normalized spacial score (nSPS) is 10.1. The van der Waals surface area contributed by atoms with Crippen LogP contribution in [0.15, 0.2) is 18.2 Å². The van der Waals surface area contributed by atoms with E-state index >= 15 is 0 Å². The molecular formula is C14H16ClN3O3. The van der Waals surface area contributed by atoms with E-state index in [2.05, 4.69) is 15.3 Å². The van der Waals surface area contributed by atoms with E-state index in [-0.39, 0.29) is 0 Å². The lowest BCUT2D eigenvalue weighted by Gasteiger charge is -2.14. The van der Waals surface area contributed by atoms with E-state index in [9.17, 15) is 0 Å². The van der Waals surface area contributed by atoms with Crippen molar-refractivity contribution >= 4 is 23.2 Å². The summed E-state index contributed by atoms with van der Waals surface area (Å²) in [4.78, 5) is 8.38. The van der Waals surface area contributed by atoms with Crippen LogP contribution < -0.4 is 19.5 Å². The number of benzene rings is 1. The lowest BCUT2D eigenvalue weighted by Crippen LogP contribution is -2.01. The molecule has 1 aromatic carbocycles. The molecule has 0 saturated heterocycles. The maximum absolute atomic E-state index is 5.92. The van der Waals surface area contributed by atoms with Crippen LogP contribution in [0.2, 0.25) is 5.15 Å². The summed E-state index contributed by atoms with van der Waals surface area (Å²) in [5.74, 6) is 2.00. The van der Waals surface area contributed by atoms with Crippen molar-refractivity contribution in [1.82, 2.24) is 9.97 Å². The Morgan fingerprint density at radius 2 is 1.57 bits per heavy atom. The molecule has 21 heavy (non-hydrogen) atoms. The fourth-order valence-corrected chi connectivity index (χ4v) is 2.11. The lowest BCUT2D eigenvalue weighted by molar-refractivity contribution is 0.324. The molecule has 2 rings (SSSR count). The number of halogens is 1. The molecule has 1 aromatic heterocycles. The minimum absolute atomic E-state index is 0.373. The van der Waals surface area contributed by atoms with Crippen LogP contribution in [0.5, 0.6) is 17.2 Å². The Balaban J connectivity index is 2.40. The molecule has 0 radical (unpaired) electrons. The molecule has 0 amide bonds. The second-order valence-electron chi connectivity index (χ2n) is 4.19. The van der Waals surface area contributed by atoms with Gasteiger partial charge in [-0.15, -0.1) is 0 Å². The Morgan fingerprint density at radius 1 is 0.952 bits per heavy atom. The Kier molecular flexibility index (Phi) is 4.70. The van der Waals surface area contributed by atoms with Gasteiger partial charge < -0.3 is 19.5 Å². The zero-order valence-corrected chi connectivity index (χ0v) is 13.0. The van der Waals surface area contributed by atoms with Crippen LogP contribution in [0.3, 0.4) is 0 Å². The highest BCUT2D eigenvalue weighted by Gasteiger charge is 2.14. The van der Waals surface area contributed by atoms with E-state index in [0.29, 0.717) is 34.0 Å². The quantitative estimate of drug-likeness (QED) is 0.856. The van der Waals surface area contributed by atoms with Crippen molar-refractivity contribution < 1.29 is 14.2 Å². The van der Waals surface area contributed by atoms with Gasteiger partial charge in [-0.2, -0.15) is 0 Å². The Labute approximate surface area is 128 Å². The summed E-state index contributed by atoms with van der Waals surface area (Å²) in [6, 6.07) is 5.21. The highest BCUT2D eigenvalue weighted by molar-refractivity contribution is 6.29. The third-order valence-electron chi connectivity index (χ3n) is 2.74. The van der Waals surface area contributed by atoms with Gasteiger partial charge in [-0.05, 0) is 13.0 Å². The highest BCUT2D eigenvalue weighted by atomic mass is 35.5. The smallest absolute Gasteiger partial charge is 0.228 e. The Bertz CT molecular complexity index is 604. The second kappa shape index (κ2) is 6.49. The van der Waals surface area contributed by atoms with E-state index in [1.807, 2.05) is 6.92 Å². The van der Waals surface area contributed by atoms with Crippen molar-refractivity contribution in [2.24, 2.45) is 0 Å². The molecule has 0 atom stereocenters. The maximum Gasteiger partial charge on any atom is 0.228 e. The van der Waals surface area contributed by atoms with E-state index in [1.54, 1.807) is 39.5 Å². The molecule has 112 valence electrons. The fourth-order valence-electron chi connectivity index (χ4n) is 1.87. The van der Waals surface area contributed by atoms with Crippen LogP contribution in [0, 0.1) is 6.92 Å². The third-order valence-corrected chi connectivity index (χ3v) is 2.94. The van der Waals surface area contributed by atoms with E-state index < -0.39 is 0 Å². The summed E-state index contributed by atoms with van der Waals surface area (Å²) in [6.07, 6.45) is 0. The number of methoxy groups -OCH3 is 3. The highest BCUT2D eigenvalue weighted by Crippen LogP contribution is 2.40. The van der Waals surface area contributed by atoms with Crippen molar-refractivity contribution in [2.75, 3.05) is 26.6 Å². The van der Waals surface area contributed by atoms with Crippen LogP contribution in [0.1, 0.15) is 5.69 Å². The van der Waals surface area contributed by atoms with Gasteiger partial charge in [0.05, 0.1) is 21.3 Å². The molecule has 0 aliphatic heterocycles. The molecule has 0 bridgehead atoms. The minimum Gasteiger partial charge on any atom is -0.493 e. The molecule has 0 aliphatic carbocycles. The molecule has 0 spiro atoms. The first-order valence-electron chi connectivity index (χ1n) is 6.15. The van der Waals surface area contributed by atoms with Gasteiger partial charge in [0.25, 0.3) is 0 Å². The van der Waals surface area contributed by atoms with Gasteiger partial charge in [0.15, 0.2) is 11.5 Å². The number of rotatable bonds is 5.